The molecule has 0 bridgehead atoms. The van der Waals surface area contributed by atoms with Gasteiger partial charge in [0.25, 0.3) is 5.91 Å². The van der Waals surface area contributed by atoms with Crippen molar-refractivity contribution in [1.29, 1.82) is 0 Å². The van der Waals surface area contributed by atoms with Crippen LogP contribution in [0.3, 0.4) is 0 Å². The van der Waals surface area contributed by atoms with E-state index in [4.69, 9.17) is 9.47 Å². The van der Waals surface area contributed by atoms with E-state index in [0.29, 0.717) is 18.7 Å². The number of amides is 1. The van der Waals surface area contributed by atoms with Gasteiger partial charge in [0, 0.05) is 50.6 Å². The summed E-state index contributed by atoms with van der Waals surface area (Å²) in [4.78, 5) is 17.4. The zero-order valence-electron chi connectivity index (χ0n) is 15.4. The van der Waals surface area contributed by atoms with Crippen LogP contribution in [0.2, 0.25) is 0 Å². The van der Waals surface area contributed by atoms with Gasteiger partial charge >= 0.3 is 0 Å². The second-order valence-corrected chi connectivity index (χ2v) is 6.93. The summed E-state index contributed by atoms with van der Waals surface area (Å²) in [6.07, 6.45) is 4.15. The van der Waals surface area contributed by atoms with E-state index in [-0.39, 0.29) is 12.0 Å². The molecule has 1 atom stereocenters. The largest absolute Gasteiger partial charge is 0.379 e. The van der Waals surface area contributed by atoms with Crippen molar-refractivity contribution < 1.29 is 14.3 Å². The number of rotatable bonds is 4. The first-order valence-corrected chi connectivity index (χ1v) is 9.45. The van der Waals surface area contributed by atoms with Gasteiger partial charge in [-0.1, -0.05) is 6.07 Å². The predicted octanol–water partition coefficient (Wildman–Crippen LogP) is 0.831. The molecule has 0 radical (unpaired) electrons. The summed E-state index contributed by atoms with van der Waals surface area (Å²) >= 11 is 0. The molecule has 8 heteroatoms. The molecular formula is C19H25N5O3. The zero-order valence-corrected chi connectivity index (χ0v) is 15.4. The number of morpholine rings is 1. The molecule has 27 heavy (non-hydrogen) atoms. The van der Waals surface area contributed by atoms with Crippen LogP contribution in [0.1, 0.15) is 16.8 Å². The molecular weight excluding hydrogens is 346 g/mol. The van der Waals surface area contributed by atoms with Crippen molar-refractivity contribution in [2.24, 2.45) is 0 Å². The minimum Gasteiger partial charge on any atom is -0.379 e. The van der Waals surface area contributed by atoms with E-state index in [1.807, 2.05) is 29.2 Å². The lowest BCUT2D eigenvalue weighted by Crippen LogP contribution is -2.45. The number of carbonyl (C=O) groups excluding carboxylic acids is 1. The number of hydrogen-bond donors (Lipinski definition) is 0. The molecule has 1 amide bonds. The first kappa shape index (κ1) is 18.1. The summed E-state index contributed by atoms with van der Waals surface area (Å²) in [6, 6.07) is 7.57. The molecule has 0 unspecified atom stereocenters. The third-order valence-electron chi connectivity index (χ3n) is 5.01. The summed E-state index contributed by atoms with van der Waals surface area (Å²) in [5.41, 5.74) is 1.55. The molecule has 2 aliphatic heterocycles. The summed E-state index contributed by atoms with van der Waals surface area (Å²) in [7, 11) is 0. The Balaban J connectivity index is 1.44. The molecule has 2 saturated heterocycles. The molecule has 1 aromatic heterocycles. The highest BCUT2D eigenvalue weighted by atomic mass is 16.5. The van der Waals surface area contributed by atoms with E-state index in [9.17, 15) is 4.79 Å². The Bertz CT molecular complexity index is 746. The van der Waals surface area contributed by atoms with Gasteiger partial charge in [-0.2, -0.15) is 0 Å². The fourth-order valence-corrected chi connectivity index (χ4v) is 3.58. The van der Waals surface area contributed by atoms with Gasteiger partial charge in [-0.05, 0) is 24.6 Å². The van der Waals surface area contributed by atoms with Crippen LogP contribution in [-0.4, -0.2) is 89.1 Å². The Morgan fingerprint density at radius 3 is 2.74 bits per heavy atom. The maximum absolute atomic E-state index is 13.1. The third-order valence-corrected chi connectivity index (χ3v) is 5.01. The first-order valence-electron chi connectivity index (χ1n) is 9.45. The Kier molecular flexibility index (Phi) is 5.76. The van der Waals surface area contributed by atoms with Gasteiger partial charge in [-0.3, -0.25) is 14.3 Å². The summed E-state index contributed by atoms with van der Waals surface area (Å²) in [6.45, 7) is 6.26. The van der Waals surface area contributed by atoms with E-state index >= 15 is 0 Å². The maximum Gasteiger partial charge on any atom is 0.254 e. The minimum atomic E-state index is 0.0376. The number of benzene rings is 1. The highest BCUT2D eigenvalue weighted by Gasteiger charge is 2.26. The Morgan fingerprint density at radius 2 is 1.93 bits per heavy atom. The maximum atomic E-state index is 13.1. The SMILES string of the molecule is O=C(c1cccc(-n2cnnc2)c1)N1CCCO[C@@H](CN2CCOCC2)C1. The molecule has 4 rings (SSSR count). The summed E-state index contributed by atoms with van der Waals surface area (Å²) in [5.74, 6) is 0.0439. The smallest absolute Gasteiger partial charge is 0.254 e. The van der Waals surface area contributed by atoms with Crippen LogP contribution in [0, 0.1) is 0 Å². The van der Waals surface area contributed by atoms with Crippen LogP contribution >= 0.6 is 0 Å². The monoisotopic (exact) mass is 371 g/mol. The van der Waals surface area contributed by atoms with Crippen LogP contribution < -0.4 is 0 Å². The average molecular weight is 371 g/mol. The minimum absolute atomic E-state index is 0.0376. The van der Waals surface area contributed by atoms with Crippen molar-refractivity contribution >= 4 is 5.91 Å². The lowest BCUT2D eigenvalue weighted by molar-refractivity contribution is -0.0112. The Hall–Kier alpha value is -2.29. The average Bonchev–Trinajstić information content (AvgIpc) is 3.16. The highest BCUT2D eigenvalue weighted by Crippen LogP contribution is 2.15. The van der Waals surface area contributed by atoms with Crippen molar-refractivity contribution in [2.45, 2.75) is 12.5 Å². The summed E-state index contributed by atoms with van der Waals surface area (Å²) < 4.78 is 13.2. The number of aromatic nitrogens is 3. The quantitative estimate of drug-likeness (QED) is 0.793. The zero-order chi connectivity index (χ0) is 18.5. The van der Waals surface area contributed by atoms with Gasteiger partial charge in [0.2, 0.25) is 0 Å². The molecule has 3 heterocycles. The van der Waals surface area contributed by atoms with Crippen molar-refractivity contribution in [3.63, 3.8) is 0 Å². The second-order valence-electron chi connectivity index (χ2n) is 6.93. The number of ether oxygens (including phenoxy) is 2. The van der Waals surface area contributed by atoms with Gasteiger partial charge < -0.3 is 14.4 Å². The van der Waals surface area contributed by atoms with Crippen LogP contribution in [0.25, 0.3) is 5.69 Å². The van der Waals surface area contributed by atoms with Crippen molar-refractivity contribution in [2.75, 3.05) is 52.5 Å². The fourth-order valence-electron chi connectivity index (χ4n) is 3.58. The van der Waals surface area contributed by atoms with Crippen molar-refractivity contribution in [1.82, 2.24) is 24.6 Å². The third kappa shape index (κ3) is 4.52. The summed E-state index contributed by atoms with van der Waals surface area (Å²) in [5, 5.41) is 7.66. The van der Waals surface area contributed by atoms with Gasteiger partial charge in [0.1, 0.15) is 12.7 Å². The normalized spacial score (nSPS) is 21.8. The van der Waals surface area contributed by atoms with Gasteiger partial charge in [-0.15, -0.1) is 10.2 Å². The van der Waals surface area contributed by atoms with E-state index in [2.05, 4.69) is 15.1 Å². The molecule has 144 valence electrons. The van der Waals surface area contributed by atoms with E-state index in [1.165, 1.54) is 0 Å². The number of carbonyl (C=O) groups is 1. The lowest BCUT2D eigenvalue weighted by Gasteiger charge is -2.31. The van der Waals surface area contributed by atoms with E-state index < -0.39 is 0 Å². The van der Waals surface area contributed by atoms with Gasteiger partial charge in [0.15, 0.2) is 0 Å². The topological polar surface area (TPSA) is 72.7 Å². The molecule has 0 spiro atoms. The Labute approximate surface area is 158 Å². The molecule has 1 aromatic carbocycles. The second kappa shape index (κ2) is 8.60. The van der Waals surface area contributed by atoms with Crippen LogP contribution in [-0.2, 0) is 9.47 Å². The molecule has 0 N–H and O–H groups in total. The predicted molar refractivity (Wildman–Crippen MR) is 98.9 cm³/mol. The van der Waals surface area contributed by atoms with Gasteiger partial charge in [0.05, 0.1) is 19.3 Å². The molecule has 8 nitrogen and oxygen atoms in total. The standard InChI is InChI=1S/C19H25N5O3/c25-19(16-3-1-4-17(11-16)24-14-20-21-15-24)23-5-2-8-27-18(13-23)12-22-6-9-26-10-7-22/h1,3-4,11,14-15,18H,2,5-10,12-13H2/t18-/m0/s1. The number of nitrogens with zero attached hydrogens (tertiary/aromatic N) is 5. The fraction of sp³-hybridized carbons (Fsp3) is 0.526. The number of hydrogen-bond acceptors (Lipinski definition) is 6. The highest BCUT2D eigenvalue weighted by molar-refractivity contribution is 5.94. The molecule has 2 aliphatic rings. The Morgan fingerprint density at radius 1 is 1.11 bits per heavy atom. The molecule has 0 saturated carbocycles. The molecule has 2 aromatic rings. The first-order chi connectivity index (χ1) is 13.3. The van der Waals surface area contributed by atoms with Crippen LogP contribution in [0.5, 0.6) is 0 Å². The van der Waals surface area contributed by atoms with Gasteiger partial charge in [-0.25, -0.2) is 0 Å². The lowest BCUT2D eigenvalue weighted by atomic mass is 10.1. The van der Waals surface area contributed by atoms with E-state index in [0.717, 1.165) is 51.5 Å². The molecule has 2 fully saturated rings. The van der Waals surface area contributed by atoms with E-state index in [1.54, 1.807) is 17.2 Å². The van der Waals surface area contributed by atoms with Crippen LogP contribution in [0.4, 0.5) is 0 Å². The van der Waals surface area contributed by atoms with Crippen LogP contribution in [0.15, 0.2) is 36.9 Å². The molecule has 0 aliphatic carbocycles. The van der Waals surface area contributed by atoms with Crippen molar-refractivity contribution in [3.8, 4) is 5.69 Å². The van der Waals surface area contributed by atoms with Crippen molar-refractivity contribution in [3.05, 3.63) is 42.5 Å².